The van der Waals surface area contributed by atoms with Crippen LogP contribution in [0.3, 0.4) is 0 Å². The lowest BCUT2D eigenvalue weighted by molar-refractivity contribution is 0.252. The number of halogens is 3. The molecule has 2 aromatic carbocycles. The predicted octanol–water partition coefficient (Wildman–Crippen LogP) is 4.01. The Morgan fingerprint density at radius 3 is 2.38 bits per heavy atom. The SMILES string of the molecule is O=c1oc(-c2ccc(F)cc2)nn1Cc1ccc(SC(F)F)cc1. The van der Waals surface area contributed by atoms with Crippen molar-refractivity contribution < 1.29 is 17.6 Å². The summed E-state index contributed by atoms with van der Waals surface area (Å²) in [6, 6.07) is 11.8. The van der Waals surface area contributed by atoms with Crippen LogP contribution in [0.25, 0.3) is 11.5 Å². The monoisotopic (exact) mass is 352 g/mol. The molecular weight excluding hydrogens is 341 g/mol. The fourth-order valence-corrected chi connectivity index (χ4v) is 2.56. The Labute approximate surface area is 138 Å². The van der Waals surface area contributed by atoms with Crippen LogP contribution < -0.4 is 5.76 Å². The second-order valence-electron chi connectivity index (χ2n) is 4.86. The van der Waals surface area contributed by atoms with Gasteiger partial charge in [0.1, 0.15) is 5.82 Å². The van der Waals surface area contributed by atoms with Crippen molar-refractivity contribution in [2.75, 3.05) is 0 Å². The Kier molecular flexibility index (Phi) is 4.75. The summed E-state index contributed by atoms with van der Waals surface area (Å²) in [7, 11) is 0. The molecule has 1 heterocycles. The molecule has 0 fully saturated rings. The highest BCUT2D eigenvalue weighted by molar-refractivity contribution is 7.99. The van der Waals surface area contributed by atoms with Crippen molar-refractivity contribution in [3.8, 4) is 11.5 Å². The maximum Gasteiger partial charge on any atom is 0.437 e. The minimum Gasteiger partial charge on any atom is -0.388 e. The van der Waals surface area contributed by atoms with Crippen LogP contribution in [-0.2, 0) is 6.54 Å². The Bertz CT molecular complexity index is 874. The van der Waals surface area contributed by atoms with Gasteiger partial charge >= 0.3 is 5.76 Å². The molecule has 0 amide bonds. The van der Waals surface area contributed by atoms with Crippen LogP contribution >= 0.6 is 11.8 Å². The minimum absolute atomic E-state index is 0.0878. The number of hydrogen-bond donors (Lipinski definition) is 0. The summed E-state index contributed by atoms with van der Waals surface area (Å²) in [6.45, 7) is 0.142. The van der Waals surface area contributed by atoms with Gasteiger partial charge in [-0.2, -0.15) is 13.5 Å². The molecule has 24 heavy (non-hydrogen) atoms. The zero-order valence-corrected chi connectivity index (χ0v) is 13.0. The normalized spacial score (nSPS) is 11.2. The van der Waals surface area contributed by atoms with Crippen molar-refractivity contribution in [3.05, 3.63) is 70.5 Å². The maximum atomic E-state index is 12.9. The molecule has 0 radical (unpaired) electrons. The van der Waals surface area contributed by atoms with Crippen LogP contribution in [0.15, 0.2) is 62.6 Å². The van der Waals surface area contributed by atoms with Gasteiger partial charge in [0, 0.05) is 10.5 Å². The summed E-state index contributed by atoms with van der Waals surface area (Å²) in [6.07, 6.45) is 0. The molecule has 0 aliphatic carbocycles. The van der Waals surface area contributed by atoms with Crippen LogP contribution in [0, 0.1) is 5.82 Å². The van der Waals surface area contributed by atoms with E-state index in [1.807, 2.05) is 0 Å². The first kappa shape index (κ1) is 16.4. The molecule has 124 valence electrons. The molecule has 0 saturated heterocycles. The smallest absolute Gasteiger partial charge is 0.388 e. The quantitative estimate of drug-likeness (QED) is 0.651. The molecule has 8 heteroatoms. The van der Waals surface area contributed by atoms with E-state index in [2.05, 4.69) is 5.10 Å². The van der Waals surface area contributed by atoms with Gasteiger partial charge in [-0.15, -0.1) is 5.10 Å². The summed E-state index contributed by atoms with van der Waals surface area (Å²) >= 11 is 0.452. The first-order valence-corrected chi connectivity index (χ1v) is 7.77. The van der Waals surface area contributed by atoms with Gasteiger partial charge in [-0.3, -0.25) is 0 Å². The van der Waals surface area contributed by atoms with E-state index < -0.39 is 17.3 Å². The number of nitrogens with zero attached hydrogens (tertiary/aromatic N) is 2. The fraction of sp³-hybridized carbons (Fsp3) is 0.125. The van der Waals surface area contributed by atoms with Gasteiger partial charge in [0.15, 0.2) is 0 Å². The van der Waals surface area contributed by atoms with Gasteiger partial charge in [-0.25, -0.2) is 9.18 Å². The van der Waals surface area contributed by atoms with Crippen LogP contribution in [0.2, 0.25) is 0 Å². The van der Waals surface area contributed by atoms with E-state index in [-0.39, 0.29) is 12.4 Å². The molecule has 0 aliphatic rings. The van der Waals surface area contributed by atoms with Crippen molar-refractivity contribution in [2.24, 2.45) is 0 Å². The second kappa shape index (κ2) is 6.96. The van der Waals surface area contributed by atoms with E-state index >= 15 is 0 Å². The van der Waals surface area contributed by atoms with E-state index in [1.165, 1.54) is 24.3 Å². The largest absolute Gasteiger partial charge is 0.437 e. The van der Waals surface area contributed by atoms with Gasteiger partial charge in [-0.05, 0) is 42.0 Å². The Balaban J connectivity index is 1.78. The number of thioether (sulfide) groups is 1. The van der Waals surface area contributed by atoms with Crippen molar-refractivity contribution >= 4 is 11.8 Å². The van der Waals surface area contributed by atoms with Crippen molar-refractivity contribution in [2.45, 2.75) is 17.2 Å². The van der Waals surface area contributed by atoms with E-state index in [9.17, 15) is 18.0 Å². The molecule has 0 aliphatic heterocycles. The molecule has 3 aromatic rings. The number of benzene rings is 2. The lowest BCUT2D eigenvalue weighted by Gasteiger charge is -2.02. The van der Waals surface area contributed by atoms with Gasteiger partial charge in [0.05, 0.1) is 6.54 Å². The topological polar surface area (TPSA) is 48.0 Å². The Morgan fingerprint density at radius 1 is 1.08 bits per heavy atom. The molecule has 0 atom stereocenters. The third-order valence-electron chi connectivity index (χ3n) is 3.18. The number of alkyl halides is 2. The van der Waals surface area contributed by atoms with Crippen LogP contribution in [0.4, 0.5) is 13.2 Å². The summed E-state index contributed by atoms with van der Waals surface area (Å²) in [4.78, 5) is 12.3. The van der Waals surface area contributed by atoms with E-state index in [0.717, 1.165) is 10.2 Å². The zero-order chi connectivity index (χ0) is 17.1. The second-order valence-corrected chi connectivity index (χ2v) is 5.92. The average molecular weight is 352 g/mol. The third-order valence-corrected chi connectivity index (χ3v) is 3.90. The summed E-state index contributed by atoms with van der Waals surface area (Å²) in [5.74, 6) is -3.44. The molecule has 1 aromatic heterocycles. The predicted molar refractivity (Wildman–Crippen MR) is 83.6 cm³/mol. The number of rotatable bonds is 5. The first-order chi connectivity index (χ1) is 11.5. The zero-order valence-electron chi connectivity index (χ0n) is 12.2. The minimum atomic E-state index is -2.48. The van der Waals surface area contributed by atoms with Gasteiger partial charge in [-0.1, -0.05) is 23.9 Å². The van der Waals surface area contributed by atoms with E-state index in [1.54, 1.807) is 24.3 Å². The van der Waals surface area contributed by atoms with Crippen LogP contribution in [0.5, 0.6) is 0 Å². The summed E-state index contributed by atoms with van der Waals surface area (Å²) < 4.78 is 43.7. The summed E-state index contributed by atoms with van der Waals surface area (Å²) in [5, 5.41) is 4.07. The van der Waals surface area contributed by atoms with Gasteiger partial charge in [0.2, 0.25) is 5.89 Å². The van der Waals surface area contributed by atoms with E-state index in [4.69, 9.17) is 4.42 Å². The van der Waals surface area contributed by atoms with Crippen molar-refractivity contribution in [1.82, 2.24) is 9.78 Å². The van der Waals surface area contributed by atoms with Crippen LogP contribution in [0.1, 0.15) is 5.56 Å². The lowest BCUT2D eigenvalue weighted by atomic mass is 10.2. The highest BCUT2D eigenvalue weighted by atomic mass is 32.2. The number of aromatic nitrogens is 2. The Morgan fingerprint density at radius 2 is 1.75 bits per heavy atom. The molecule has 3 rings (SSSR count). The first-order valence-electron chi connectivity index (χ1n) is 6.89. The molecule has 0 bridgehead atoms. The van der Waals surface area contributed by atoms with E-state index in [0.29, 0.717) is 22.2 Å². The summed E-state index contributed by atoms with van der Waals surface area (Å²) in [5.41, 5.74) is 1.20. The van der Waals surface area contributed by atoms with Gasteiger partial charge < -0.3 is 4.42 Å². The molecule has 0 saturated carbocycles. The highest BCUT2D eigenvalue weighted by Crippen LogP contribution is 2.25. The maximum absolute atomic E-state index is 12.9. The molecule has 0 N–H and O–H groups in total. The number of hydrogen-bond acceptors (Lipinski definition) is 4. The van der Waals surface area contributed by atoms with Crippen molar-refractivity contribution in [3.63, 3.8) is 0 Å². The highest BCUT2D eigenvalue weighted by Gasteiger charge is 2.11. The molecule has 0 spiro atoms. The van der Waals surface area contributed by atoms with Crippen LogP contribution in [-0.4, -0.2) is 15.5 Å². The fourth-order valence-electron chi connectivity index (χ4n) is 2.06. The molecule has 4 nitrogen and oxygen atoms in total. The van der Waals surface area contributed by atoms with Gasteiger partial charge in [0.25, 0.3) is 5.76 Å². The lowest BCUT2D eigenvalue weighted by Crippen LogP contribution is -2.16. The third kappa shape index (κ3) is 3.88. The average Bonchev–Trinajstić information content (AvgIpc) is 2.90. The molecule has 0 unspecified atom stereocenters. The van der Waals surface area contributed by atoms with Crippen molar-refractivity contribution in [1.29, 1.82) is 0 Å². The standard InChI is InChI=1S/C16H11F3N2O2S/c17-12-5-3-11(4-6-12)14-20-21(16(22)23-14)9-10-1-7-13(8-2-10)24-15(18)19/h1-8,15H,9H2. The Hall–Kier alpha value is -2.48. The molecular formula is C16H11F3N2O2S.